The van der Waals surface area contributed by atoms with E-state index in [1.165, 1.54) is 0 Å². The number of nitrogens with zero attached hydrogens (tertiary/aromatic N) is 2. The molecule has 2 aromatic rings. The van der Waals surface area contributed by atoms with Crippen molar-refractivity contribution in [3.05, 3.63) is 42.0 Å². The predicted molar refractivity (Wildman–Crippen MR) is 63.1 cm³/mol. The molecule has 7 heteroatoms. The van der Waals surface area contributed by atoms with Gasteiger partial charge in [0.15, 0.2) is 4.84 Å². The lowest BCUT2D eigenvalue weighted by Crippen LogP contribution is -2.13. The average Bonchev–Trinajstić information content (AvgIpc) is 2.79. The van der Waals surface area contributed by atoms with Crippen molar-refractivity contribution in [2.45, 2.75) is 4.84 Å². The van der Waals surface area contributed by atoms with Gasteiger partial charge >= 0.3 is 0 Å². The Balaban J connectivity index is 2.10. The third-order valence-corrected chi connectivity index (χ3v) is 2.24. The standard InChI is InChI=1S/C10H7Cl2N3O2/c11-7(12)10-14-8(15-17-10)9(16)13-6-4-2-1-3-5-6/h1-5,7H,(H,13,16). The van der Waals surface area contributed by atoms with Crippen LogP contribution in [0.15, 0.2) is 34.9 Å². The van der Waals surface area contributed by atoms with Crippen molar-refractivity contribution in [1.82, 2.24) is 10.1 Å². The maximum atomic E-state index is 11.7. The van der Waals surface area contributed by atoms with Gasteiger partial charge in [-0.2, -0.15) is 4.98 Å². The van der Waals surface area contributed by atoms with E-state index in [1.807, 2.05) is 6.07 Å². The van der Waals surface area contributed by atoms with E-state index in [0.717, 1.165) is 0 Å². The number of alkyl halides is 2. The summed E-state index contributed by atoms with van der Waals surface area (Å²) in [4.78, 5) is 14.5. The van der Waals surface area contributed by atoms with Crippen molar-refractivity contribution in [3.8, 4) is 0 Å². The molecule has 0 aliphatic rings. The second-order valence-corrected chi connectivity index (χ2v) is 4.17. The van der Waals surface area contributed by atoms with Gasteiger partial charge < -0.3 is 9.84 Å². The quantitative estimate of drug-likeness (QED) is 0.872. The molecule has 0 saturated heterocycles. The van der Waals surface area contributed by atoms with Crippen molar-refractivity contribution in [3.63, 3.8) is 0 Å². The first-order chi connectivity index (χ1) is 8.16. The first-order valence-corrected chi connectivity index (χ1v) is 5.52. The van der Waals surface area contributed by atoms with E-state index in [-0.39, 0.29) is 11.7 Å². The van der Waals surface area contributed by atoms with E-state index in [9.17, 15) is 4.79 Å². The van der Waals surface area contributed by atoms with Crippen molar-refractivity contribution in [2.75, 3.05) is 5.32 Å². The number of hydrogen-bond donors (Lipinski definition) is 1. The number of para-hydroxylation sites is 1. The molecule has 0 radical (unpaired) electrons. The molecule has 0 spiro atoms. The Bertz CT molecular complexity index is 513. The largest absolute Gasteiger partial charge is 0.336 e. The molecule has 1 N–H and O–H groups in total. The smallest absolute Gasteiger partial charge is 0.297 e. The lowest BCUT2D eigenvalue weighted by atomic mass is 10.3. The highest BCUT2D eigenvalue weighted by atomic mass is 35.5. The number of nitrogens with one attached hydrogen (secondary N) is 1. The molecule has 0 aliphatic heterocycles. The first kappa shape index (κ1) is 11.9. The molecule has 0 unspecified atom stereocenters. The van der Waals surface area contributed by atoms with Crippen molar-refractivity contribution < 1.29 is 9.32 Å². The molecular weight excluding hydrogens is 265 g/mol. The number of anilines is 1. The Morgan fingerprint density at radius 3 is 2.59 bits per heavy atom. The van der Waals surface area contributed by atoms with Crippen LogP contribution in [-0.2, 0) is 0 Å². The minimum Gasteiger partial charge on any atom is -0.336 e. The molecule has 88 valence electrons. The fourth-order valence-corrected chi connectivity index (χ4v) is 1.30. The highest BCUT2D eigenvalue weighted by Gasteiger charge is 2.18. The zero-order valence-corrected chi connectivity index (χ0v) is 9.94. The Morgan fingerprint density at radius 1 is 1.29 bits per heavy atom. The zero-order valence-electron chi connectivity index (χ0n) is 8.43. The summed E-state index contributed by atoms with van der Waals surface area (Å²) >= 11 is 11.0. The normalized spacial score (nSPS) is 10.5. The van der Waals surface area contributed by atoms with Crippen LogP contribution in [0.25, 0.3) is 0 Å². The number of hydrogen-bond acceptors (Lipinski definition) is 4. The zero-order chi connectivity index (χ0) is 12.3. The van der Waals surface area contributed by atoms with Gasteiger partial charge in [-0.1, -0.05) is 46.6 Å². The Labute approximate surface area is 107 Å². The van der Waals surface area contributed by atoms with E-state index in [4.69, 9.17) is 27.7 Å². The topological polar surface area (TPSA) is 68.0 Å². The van der Waals surface area contributed by atoms with Crippen LogP contribution in [0.2, 0.25) is 0 Å². The predicted octanol–water partition coefficient (Wildman–Crippen LogP) is 2.80. The number of benzene rings is 1. The Kier molecular flexibility index (Phi) is 3.61. The molecule has 5 nitrogen and oxygen atoms in total. The van der Waals surface area contributed by atoms with Crippen LogP contribution < -0.4 is 5.32 Å². The molecule has 1 amide bonds. The van der Waals surface area contributed by atoms with Crippen LogP contribution in [-0.4, -0.2) is 16.0 Å². The van der Waals surface area contributed by atoms with Gasteiger partial charge in [0.05, 0.1) is 0 Å². The van der Waals surface area contributed by atoms with Crippen molar-refractivity contribution in [2.24, 2.45) is 0 Å². The fraction of sp³-hybridized carbons (Fsp3) is 0.100. The second kappa shape index (κ2) is 5.16. The lowest BCUT2D eigenvalue weighted by molar-refractivity contribution is 0.101. The van der Waals surface area contributed by atoms with Crippen LogP contribution in [0.5, 0.6) is 0 Å². The molecule has 0 fully saturated rings. The third-order valence-electron chi connectivity index (χ3n) is 1.86. The maximum Gasteiger partial charge on any atom is 0.297 e. The van der Waals surface area contributed by atoms with E-state index in [1.54, 1.807) is 24.3 Å². The minimum absolute atomic E-state index is 0.00783. The summed E-state index contributed by atoms with van der Waals surface area (Å²) in [5.41, 5.74) is 0.636. The molecular formula is C10H7Cl2N3O2. The maximum absolute atomic E-state index is 11.7. The summed E-state index contributed by atoms with van der Waals surface area (Å²) < 4.78 is 4.70. The third kappa shape index (κ3) is 2.95. The summed E-state index contributed by atoms with van der Waals surface area (Å²) in [6, 6.07) is 8.92. The number of amides is 1. The van der Waals surface area contributed by atoms with E-state index < -0.39 is 10.7 Å². The lowest BCUT2D eigenvalue weighted by Gasteiger charge is -2.00. The number of rotatable bonds is 3. The second-order valence-electron chi connectivity index (χ2n) is 3.08. The van der Waals surface area contributed by atoms with Gasteiger partial charge in [0.1, 0.15) is 0 Å². The van der Waals surface area contributed by atoms with Crippen LogP contribution in [0, 0.1) is 0 Å². The highest BCUT2D eigenvalue weighted by Crippen LogP contribution is 2.22. The average molecular weight is 272 g/mol. The van der Waals surface area contributed by atoms with Crippen LogP contribution in [0.4, 0.5) is 5.69 Å². The number of aromatic nitrogens is 2. The van der Waals surface area contributed by atoms with Gasteiger partial charge in [-0.05, 0) is 12.1 Å². The van der Waals surface area contributed by atoms with Gasteiger partial charge in [-0.25, -0.2) is 0 Å². The summed E-state index contributed by atoms with van der Waals surface area (Å²) in [5, 5.41) is 6.07. The van der Waals surface area contributed by atoms with E-state index in [0.29, 0.717) is 5.69 Å². The summed E-state index contributed by atoms with van der Waals surface area (Å²) in [7, 11) is 0. The van der Waals surface area contributed by atoms with Gasteiger partial charge in [0, 0.05) is 5.69 Å². The van der Waals surface area contributed by atoms with E-state index in [2.05, 4.69) is 15.5 Å². The number of carbonyl (C=O) groups excluding carboxylic acids is 1. The SMILES string of the molecule is O=C(Nc1ccccc1)c1noc(C(Cl)Cl)n1. The van der Waals surface area contributed by atoms with Crippen LogP contribution >= 0.6 is 23.2 Å². The van der Waals surface area contributed by atoms with Gasteiger partial charge in [0.2, 0.25) is 0 Å². The molecule has 1 heterocycles. The molecule has 2 rings (SSSR count). The number of halogens is 2. The molecule has 0 bridgehead atoms. The molecule has 0 aliphatic carbocycles. The molecule has 17 heavy (non-hydrogen) atoms. The van der Waals surface area contributed by atoms with Gasteiger partial charge in [-0.3, -0.25) is 4.79 Å². The Morgan fingerprint density at radius 2 is 2.00 bits per heavy atom. The van der Waals surface area contributed by atoms with Gasteiger partial charge in [0.25, 0.3) is 17.6 Å². The summed E-state index contributed by atoms with van der Waals surface area (Å²) in [6.07, 6.45) is 0. The van der Waals surface area contributed by atoms with Crippen LogP contribution in [0.1, 0.15) is 21.3 Å². The first-order valence-electron chi connectivity index (χ1n) is 4.65. The fourth-order valence-electron chi connectivity index (χ4n) is 1.12. The molecule has 1 aromatic heterocycles. The minimum atomic E-state index is -0.944. The Hall–Kier alpha value is -1.59. The van der Waals surface area contributed by atoms with Crippen molar-refractivity contribution in [1.29, 1.82) is 0 Å². The molecule has 0 atom stereocenters. The number of carbonyl (C=O) groups is 1. The molecule has 1 aromatic carbocycles. The summed E-state index contributed by atoms with van der Waals surface area (Å²) in [5.74, 6) is -0.609. The van der Waals surface area contributed by atoms with Crippen LogP contribution in [0.3, 0.4) is 0 Å². The molecule has 0 saturated carbocycles. The van der Waals surface area contributed by atoms with E-state index >= 15 is 0 Å². The summed E-state index contributed by atoms with van der Waals surface area (Å²) in [6.45, 7) is 0. The highest BCUT2D eigenvalue weighted by molar-refractivity contribution is 6.43. The monoisotopic (exact) mass is 271 g/mol. The van der Waals surface area contributed by atoms with Crippen molar-refractivity contribution >= 4 is 34.8 Å². The van der Waals surface area contributed by atoms with Gasteiger partial charge in [-0.15, -0.1) is 0 Å².